The maximum Gasteiger partial charge on any atom is 0.151 e. The van der Waals surface area contributed by atoms with Crippen molar-refractivity contribution >= 4 is 28.9 Å². The van der Waals surface area contributed by atoms with E-state index in [9.17, 15) is 4.79 Å². The maximum atomic E-state index is 11.5. The molecule has 0 spiro atoms. The molecule has 2 heterocycles. The number of carbonyl (C=O) groups excluding carboxylic acids is 1. The fourth-order valence-electron chi connectivity index (χ4n) is 3.35. The topological polar surface area (TPSA) is 44.1 Å². The molecule has 1 aromatic heterocycles. The van der Waals surface area contributed by atoms with Gasteiger partial charge in [-0.05, 0) is 43.5 Å². The number of carbonyl (C=O) groups is 1. The molecule has 24 heavy (non-hydrogen) atoms. The van der Waals surface area contributed by atoms with Crippen LogP contribution in [0.2, 0.25) is 5.02 Å². The molecular weight excluding hydrogens is 324 g/mol. The van der Waals surface area contributed by atoms with Gasteiger partial charge in [-0.3, -0.25) is 4.79 Å². The lowest BCUT2D eigenvalue weighted by Gasteiger charge is -2.27. The van der Waals surface area contributed by atoms with Crippen molar-refractivity contribution in [2.24, 2.45) is 7.05 Å². The Morgan fingerprint density at radius 3 is 2.79 bits per heavy atom. The molecule has 1 aliphatic rings. The number of fused-ring (bicyclic) bond motifs is 3. The minimum Gasteiger partial charge on any atom is -0.483 e. The third-order valence-electron chi connectivity index (χ3n) is 4.78. The summed E-state index contributed by atoms with van der Waals surface area (Å²) in [5.41, 5.74) is 4.48. The van der Waals surface area contributed by atoms with Gasteiger partial charge >= 0.3 is 0 Å². The third-order valence-corrected chi connectivity index (χ3v) is 5.03. The smallest absolute Gasteiger partial charge is 0.151 e. The molecule has 0 radical (unpaired) electrons. The molecule has 1 atom stereocenters. The molecule has 0 N–H and O–H groups in total. The standard InChI is InChI=1S/C19H17ClN2O2/c1-11-21-18-16(22(11)2)9-13(10-23)15-7-8-17(24-19(15)18)12-3-5-14(20)6-4-12/h3-6,9-10,17H,7-8H2,1-2H3/t17-/m0/s1. The van der Waals surface area contributed by atoms with Gasteiger partial charge in [0.15, 0.2) is 12.0 Å². The van der Waals surface area contributed by atoms with Crippen molar-refractivity contribution in [2.75, 3.05) is 0 Å². The van der Waals surface area contributed by atoms with Crippen LogP contribution in [0.25, 0.3) is 11.0 Å². The third kappa shape index (κ3) is 2.29. The van der Waals surface area contributed by atoms with Gasteiger partial charge in [0.05, 0.1) is 5.52 Å². The van der Waals surface area contributed by atoms with Crippen LogP contribution < -0.4 is 4.74 Å². The van der Waals surface area contributed by atoms with Crippen LogP contribution >= 0.6 is 11.6 Å². The van der Waals surface area contributed by atoms with Crippen molar-refractivity contribution < 1.29 is 9.53 Å². The monoisotopic (exact) mass is 340 g/mol. The Labute approximate surface area is 145 Å². The normalized spacial score (nSPS) is 16.7. The highest BCUT2D eigenvalue weighted by Gasteiger charge is 2.27. The number of ether oxygens (including phenoxy) is 1. The number of imidazole rings is 1. The van der Waals surface area contributed by atoms with Crippen LogP contribution in [0.4, 0.5) is 0 Å². The molecule has 0 saturated heterocycles. The lowest BCUT2D eigenvalue weighted by molar-refractivity contribution is 0.111. The van der Waals surface area contributed by atoms with Crippen LogP contribution in [0.3, 0.4) is 0 Å². The van der Waals surface area contributed by atoms with Crippen molar-refractivity contribution in [1.29, 1.82) is 0 Å². The average Bonchev–Trinajstić information content (AvgIpc) is 2.89. The van der Waals surface area contributed by atoms with E-state index in [4.69, 9.17) is 16.3 Å². The van der Waals surface area contributed by atoms with E-state index in [2.05, 4.69) is 4.98 Å². The van der Waals surface area contributed by atoms with Crippen LogP contribution in [0, 0.1) is 6.92 Å². The first-order valence-corrected chi connectivity index (χ1v) is 8.32. The second-order valence-electron chi connectivity index (χ2n) is 6.17. The summed E-state index contributed by atoms with van der Waals surface area (Å²) in [7, 11) is 1.95. The van der Waals surface area contributed by atoms with Crippen molar-refractivity contribution in [2.45, 2.75) is 25.9 Å². The highest BCUT2D eigenvalue weighted by Crippen LogP contribution is 2.41. The summed E-state index contributed by atoms with van der Waals surface area (Å²) >= 11 is 5.98. The zero-order chi connectivity index (χ0) is 16.8. The highest BCUT2D eigenvalue weighted by atomic mass is 35.5. The molecule has 122 valence electrons. The molecular formula is C19H17ClN2O2. The van der Waals surface area contributed by atoms with Gasteiger partial charge in [0.1, 0.15) is 17.4 Å². The molecule has 1 aliphatic heterocycles. The van der Waals surface area contributed by atoms with E-state index in [1.54, 1.807) is 0 Å². The fourth-order valence-corrected chi connectivity index (χ4v) is 3.47. The number of halogens is 1. The molecule has 0 bridgehead atoms. The van der Waals surface area contributed by atoms with Crippen LogP contribution in [0.5, 0.6) is 5.75 Å². The minimum atomic E-state index is -0.0535. The van der Waals surface area contributed by atoms with E-state index < -0.39 is 0 Å². The van der Waals surface area contributed by atoms with Crippen molar-refractivity contribution in [3.8, 4) is 5.75 Å². The summed E-state index contributed by atoms with van der Waals surface area (Å²) in [5.74, 6) is 1.64. The van der Waals surface area contributed by atoms with Gasteiger partial charge in [0.2, 0.25) is 0 Å². The van der Waals surface area contributed by atoms with Gasteiger partial charge in [0.25, 0.3) is 0 Å². The summed E-state index contributed by atoms with van der Waals surface area (Å²) < 4.78 is 8.29. The highest BCUT2D eigenvalue weighted by molar-refractivity contribution is 6.30. The molecule has 2 aromatic carbocycles. The van der Waals surface area contributed by atoms with E-state index in [0.29, 0.717) is 10.6 Å². The number of nitrogens with zero attached hydrogens (tertiary/aromatic N) is 2. The SMILES string of the molecule is Cc1nc2c3c(c(C=O)cc2n1C)CC[C@@H](c1ccc(Cl)cc1)O3. The Balaban J connectivity index is 1.85. The minimum absolute atomic E-state index is 0.0535. The van der Waals surface area contributed by atoms with Crippen molar-refractivity contribution in [3.63, 3.8) is 0 Å². The molecule has 0 unspecified atom stereocenters. The first-order valence-electron chi connectivity index (χ1n) is 7.94. The number of hydrogen-bond acceptors (Lipinski definition) is 3. The summed E-state index contributed by atoms with van der Waals surface area (Å²) in [4.78, 5) is 16.2. The van der Waals surface area contributed by atoms with Gasteiger partial charge in [-0.25, -0.2) is 4.98 Å². The molecule has 4 nitrogen and oxygen atoms in total. The fraction of sp³-hybridized carbons (Fsp3) is 0.263. The molecule has 0 saturated carbocycles. The van der Waals surface area contributed by atoms with Crippen LogP contribution in [0.1, 0.15) is 39.8 Å². The van der Waals surface area contributed by atoms with Gasteiger partial charge in [0, 0.05) is 23.2 Å². The summed E-state index contributed by atoms with van der Waals surface area (Å²) in [6, 6.07) is 9.63. The molecule has 0 amide bonds. The van der Waals surface area contributed by atoms with E-state index in [-0.39, 0.29) is 6.10 Å². The Morgan fingerprint density at radius 2 is 2.08 bits per heavy atom. The Bertz CT molecular complexity index is 944. The first kappa shape index (κ1) is 15.2. The summed E-state index contributed by atoms with van der Waals surface area (Å²) in [6.07, 6.45) is 2.48. The number of rotatable bonds is 2. The first-order chi connectivity index (χ1) is 11.6. The van der Waals surface area contributed by atoms with E-state index in [0.717, 1.165) is 52.9 Å². The molecule has 4 rings (SSSR count). The maximum absolute atomic E-state index is 11.5. The quantitative estimate of drug-likeness (QED) is 0.649. The lowest BCUT2D eigenvalue weighted by atomic mass is 9.94. The Hall–Kier alpha value is -2.33. The molecule has 3 aromatic rings. The molecule has 0 aliphatic carbocycles. The molecule has 0 fully saturated rings. The van der Waals surface area contributed by atoms with Crippen molar-refractivity contribution in [1.82, 2.24) is 9.55 Å². The summed E-state index contributed by atoms with van der Waals surface area (Å²) in [6.45, 7) is 1.95. The van der Waals surface area contributed by atoms with E-state index in [1.165, 1.54) is 0 Å². The predicted molar refractivity (Wildman–Crippen MR) is 94.0 cm³/mol. The average molecular weight is 341 g/mol. The van der Waals surface area contributed by atoms with Crippen LogP contribution in [-0.4, -0.2) is 15.8 Å². The van der Waals surface area contributed by atoms with Gasteiger partial charge in [-0.1, -0.05) is 23.7 Å². The second-order valence-corrected chi connectivity index (χ2v) is 6.61. The number of aryl methyl sites for hydroxylation is 2. The number of aldehydes is 1. The van der Waals surface area contributed by atoms with E-state index >= 15 is 0 Å². The zero-order valence-corrected chi connectivity index (χ0v) is 14.3. The number of hydrogen-bond donors (Lipinski definition) is 0. The van der Waals surface area contributed by atoms with Gasteiger partial charge < -0.3 is 9.30 Å². The second kappa shape index (κ2) is 5.64. The van der Waals surface area contributed by atoms with Crippen LogP contribution in [0.15, 0.2) is 30.3 Å². The summed E-state index contributed by atoms with van der Waals surface area (Å²) in [5, 5.41) is 0.709. The van der Waals surface area contributed by atoms with E-state index in [1.807, 2.05) is 48.9 Å². The van der Waals surface area contributed by atoms with Crippen LogP contribution in [-0.2, 0) is 13.5 Å². The Kier molecular flexibility index (Phi) is 3.57. The van der Waals surface area contributed by atoms with Crippen molar-refractivity contribution in [3.05, 3.63) is 57.9 Å². The number of benzene rings is 2. The van der Waals surface area contributed by atoms with Gasteiger partial charge in [-0.2, -0.15) is 0 Å². The number of aromatic nitrogens is 2. The predicted octanol–water partition coefficient (Wildman–Crippen LogP) is 4.41. The lowest BCUT2D eigenvalue weighted by Crippen LogP contribution is -2.17. The largest absolute Gasteiger partial charge is 0.483 e. The zero-order valence-electron chi connectivity index (χ0n) is 13.5. The molecule has 5 heteroatoms. The Morgan fingerprint density at radius 1 is 1.33 bits per heavy atom. The van der Waals surface area contributed by atoms with Gasteiger partial charge in [-0.15, -0.1) is 0 Å².